The largest absolute Gasteiger partial charge is 0.383 e. The summed E-state index contributed by atoms with van der Waals surface area (Å²) < 4.78 is 0.670. The van der Waals surface area contributed by atoms with E-state index < -0.39 is 0 Å². The molecule has 31 heavy (non-hydrogen) atoms. The number of nitrogens with two attached hydrogens (primary N) is 1. The summed E-state index contributed by atoms with van der Waals surface area (Å²) in [6, 6.07) is 14.8. The number of hydrogen-bond acceptors (Lipinski definition) is 6. The monoisotopic (exact) mass is 474 g/mol. The first-order valence-electron chi connectivity index (χ1n) is 9.91. The minimum atomic E-state index is -0.210. The highest BCUT2D eigenvalue weighted by Crippen LogP contribution is 2.32. The van der Waals surface area contributed by atoms with Crippen LogP contribution in [-0.4, -0.2) is 26.8 Å². The van der Waals surface area contributed by atoms with Crippen LogP contribution >= 0.6 is 15.9 Å². The minimum Gasteiger partial charge on any atom is -0.383 e. The van der Waals surface area contributed by atoms with E-state index in [2.05, 4.69) is 32.0 Å². The maximum absolute atomic E-state index is 13.6. The van der Waals surface area contributed by atoms with Gasteiger partial charge in [-0.15, -0.1) is 0 Å². The van der Waals surface area contributed by atoms with Crippen LogP contribution in [0.5, 0.6) is 0 Å². The molecule has 2 atom stereocenters. The van der Waals surface area contributed by atoms with Gasteiger partial charge in [-0.1, -0.05) is 0 Å². The highest BCUT2D eigenvalue weighted by atomic mass is 79.9. The first-order chi connectivity index (χ1) is 15.0. The molecule has 1 aromatic carbocycles. The van der Waals surface area contributed by atoms with E-state index in [4.69, 9.17) is 11.0 Å². The van der Waals surface area contributed by atoms with Gasteiger partial charge in [-0.25, -0.2) is 4.98 Å². The molecule has 7 nitrogen and oxygen atoms in total. The third-order valence-electron chi connectivity index (χ3n) is 5.63. The predicted molar refractivity (Wildman–Crippen MR) is 119 cm³/mol. The minimum absolute atomic E-state index is 0.159. The summed E-state index contributed by atoms with van der Waals surface area (Å²) >= 11 is 3.38. The highest BCUT2D eigenvalue weighted by Gasteiger charge is 2.35. The number of amides is 1. The van der Waals surface area contributed by atoms with Gasteiger partial charge in [0.1, 0.15) is 11.9 Å². The smallest absolute Gasteiger partial charge is 0.254 e. The maximum atomic E-state index is 13.6. The predicted octanol–water partition coefficient (Wildman–Crippen LogP) is 4.18. The maximum Gasteiger partial charge on any atom is 0.254 e. The zero-order valence-electron chi connectivity index (χ0n) is 16.6. The summed E-state index contributed by atoms with van der Waals surface area (Å²) in [7, 11) is 0. The van der Waals surface area contributed by atoms with Crippen molar-refractivity contribution in [2.75, 3.05) is 5.73 Å². The summed E-state index contributed by atoms with van der Waals surface area (Å²) in [5, 5.41) is 19.4. The van der Waals surface area contributed by atoms with Crippen molar-refractivity contribution in [3.63, 3.8) is 0 Å². The molecular formula is C23H19BrN6O. The van der Waals surface area contributed by atoms with Crippen molar-refractivity contribution < 1.29 is 4.79 Å². The summed E-state index contributed by atoms with van der Waals surface area (Å²) in [6.07, 6.45) is 3.95. The number of carbonyl (C=O) groups is 1. The Balaban J connectivity index is 1.70. The Bertz CT molecular complexity index is 1230. The van der Waals surface area contributed by atoms with E-state index in [1.54, 1.807) is 35.2 Å². The zero-order valence-corrected chi connectivity index (χ0v) is 18.2. The molecule has 2 aromatic heterocycles. The Morgan fingerprint density at radius 1 is 1.23 bits per heavy atom. The number of halogens is 1. The first kappa shape index (κ1) is 20.8. The van der Waals surface area contributed by atoms with E-state index in [1.165, 1.54) is 6.20 Å². The number of hydrogen-bond donors (Lipinski definition) is 1. The van der Waals surface area contributed by atoms with Gasteiger partial charge >= 0.3 is 0 Å². The van der Waals surface area contributed by atoms with Crippen molar-refractivity contribution in [3.05, 3.63) is 63.9 Å². The molecule has 4 rings (SSSR count). The van der Waals surface area contributed by atoms with Crippen LogP contribution in [0.3, 0.4) is 0 Å². The summed E-state index contributed by atoms with van der Waals surface area (Å²) in [5.74, 6) is 0.0227. The molecule has 0 aliphatic heterocycles. The van der Waals surface area contributed by atoms with Crippen molar-refractivity contribution in [1.82, 2.24) is 14.9 Å². The molecule has 8 heteroatoms. The number of nitriles is 2. The van der Waals surface area contributed by atoms with E-state index in [0.717, 1.165) is 24.6 Å². The normalized spacial score (nSPS) is 17.8. The van der Waals surface area contributed by atoms with Crippen molar-refractivity contribution in [1.29, 1.82) is 10.5 Å². The molecule has 1 amide bonds. The number of fused-ring (bicyclic) bond motifs is 1. The lowest BCUT2D eigenvalue weighted by Gasteiger charge is -2.31. The van der Waals surface area contributed by atoms with Crippen molar-refractivity contribution >= 4 is 38.6 Å². The molecule has 1 saturated carbocycles. The molecule has 1 aliphatic carbocycles. The quantitative estimate of drug-likeness (QED) is 0.605. The first-order valence-corrected chi connectivity index (χ1v) is 10.7. The van der Waals surface area contributed by atoms with Gasteiger partial charge in [0, 0.05) is 23.2 Å². The van der Waals surface area contributed by atoms with Crippen molar-refractivity contribution in [3.8, 4) is 12.1 Å². The van der Waals surface area contributed by atoms with Crippen LogP contribution in [0.25, 0.3) is 10.9 Å². The average Bonchev–Trinajstić information content (AvgIpc) is 3.26. The summed E-state index contributed by atoms with van der Waals surface area (Å²) in [4.78, 5) is 24.0. The second-order valence-corrected chi connectivity index (χ2v) is 8.43. The second-order valence-electron chi connectivity index (χ2n) is 7.58. The lowest BCUT2D eigenvalue weighted by atomic mass is 10.0. The van der Waals surface area contributed by atoms with Gasteiger partial charge in [0.15, 0.2) is 0 Å². The van der Waals surface area contributed by atoms with Gasteiger partial charge in [-0.2, -0.15) is 10.5 Å². The Morgan fingerprint density at radius 3 is 2.77 bits per heavy atom. The molecular weight excluding hydrogens is 456 g/mol. The van der Waals surface area contributed by atoms with Crippen LogP contribution in [-0.2, 0) is 6.54 Å². The molecule has 0 saturated heterocycles. The summed E-state index contributed by atoms with van der Waals surface area (Å²) in [6.45, 7) is 0.273. The number of pyridine rings is 2. The number of carbonyl (C=O) groups excluding carboxylic acids is 1. The molecule has 1 fully saturated rings. The standard InChI is InChI=1S/C23H19BrN6O/c24-19-9-17-8-15(5-7-20(17)29-22(19)27)23(31)30(21-3-1-2-16(21)11-26)13-18-6-4-14(10-25)12-28-18/h4-9,12,16,21H,1-3,13H2,(H2,27,29)/t16-,21+/m1/s1. The fraction of sp³-hybridized carbons (Fsp3) is 0.261. The molecule has 2 heterocycles. The van der Waals surface area contributed by atoms with Crippen LogP contribution in [0.1, 0.15) is 40.9 Å². The number of nitrogens with zero attached hydrogens (tertiary/aromatic N) is 5. The van der Waals surface area contributed by atoms with E-state index in [1.807, 2.05) is 12.1 Å². The Morgan fingerprint density at radius 2 is 2.06 bits per heavy atom. The number of anilines is 1. The van der Waals surface area contributed by atoms with Gasteiger partial charge in [0.05, 0.1) is 39.8 Å². The van der Waals surface area contributed by atoms with Crippen LogP contribution in [0, 0.1) is 28.6 Å². The van der Waals surface area contributed by atoms with Crippen LogP contribution < -0.4 is 5.73 Å². The summed E-state index contributed by atoms with van der Waals surface area (Å²) in [5.41, 5.74) is 8.22. The van der Waals surface area contributed by atoms with E-state index in [0.29, 0.717) is 32.6 Å². The van der Waals surface area contributed by atoms with Gasteiger partial charge < -0.3 is 10.6 Å². The lowest BCUT2D eigenvalue weighted by Crippen LogP contribution is -2.41. The third-order valence-corrected chi connectivity index (χ3v) is 6.27. The fourth-order valence-electron chi connectivity index (χ4n) is 4.03. The second kappa shape index (κ2) is 8.71. The van der Waals surface area contributed by atoms with Gasteiger partial charge in [0.2, 0.25) is 0 Å². The molecule has 0 unspecified atom stereocenters. The number of nitrogen functional groups attached to an aromatic ring is 1. The molecule has 0 spiro atoms. The molecule has 154 valence electrons. The van der Waals surface area contributed by atoms with Crippen LogP contribution in [0.15, 0.2) is 47.1 Å². The lowest BCUT2D eigenvalue weighted by molar-refractivity contribution is 0.0636. The van der Waals surface area contributed by atoms with Crippen LogP contribution in [0.2, 0.25) is 0 Å². The molecule has 2 N–H and O–H groups in total. The number of rotatable bonds is 4. The topological polar surface area (TPSA) is 120 Å². The van der Waals surface area contributed by atoms with E-state index >= 15 is 0 Å². The Hall–Kier alpha value is -3.49. The molecule has 0 radical (unpaired) electrons. The molecule has 1 aliphatic rings. The van der Waals surface area contributed by atoms with Crippen LogP contribution in [0.4, 0.5) is 5.82 Å². The van der Waals surface area contributed by atoms with Crippen molar-refractivity contribution in [2.45, 2.75) is 31.8 Å². The Labute approximate surface area is 188 Å². The van der Waals surface area contributed by atoms with Gasteiger partial charge in [-0.05, 0) is 71.6 Å². The number of aromatic nitrogens is 2. The average molecular weight is 475 g/mol. The molecule has 0 bridgehead atoms. The third kappa shape index (κ3) is 4.21. The van der Waals surface area contributed by atoms with Gasteiger partial charge in [0.25, 0.3) is 5.91 Å². The van der Waals surface area contributed by atoms with E-state index in [9.17, 15) is 10.1 Å². The van der Waals surface area contributed by atoms with Crippen molar-refractivity contribution in [2.24, 2.45) is 5.92 Å². The highest BCUT2D eigenvalue weighted by molar-refractivity contribution is 9.10. The fourth-order valence-corrected chi connectivity index (χ4v) is 4.36. The van der Waals surface area contributed by atoms with Gasteiger partial charge in [-0.3, -0.25) is 9.78 Å². The molecule has 3 aromatic rings. The van der Waals surface area contributed by atoms with E-state index in [-0.39, 0.29) is 24.4 Å². The SMILES string of the molecule is N#Cc1ccc(CN(C(=O)c2ccc3nc(N)c(Br)cc3c2)[C@H]2CCC[C@@H]2C#N)nc1. The zero-order chi connectivity index (χ0) is 22.0. The number of benzene rings is 1. The Kier molecular flexibility index (Phi) is 5.83.